The predicted octanol–water partition coefficient (Wildman–Crippen LogP) is 1.66. The molecule has 3 rings (SSSR count). The molecule has 0 saturated carbocycles. The first-order chi connectivity index (χ1) is 10.2. The fourth-order valence-electron chi connectivity index (χ4n) is 3.71. The largest absolute Gasteiger partial charge is 0.374 e. The first-order valence-electron chi connectivity index (χ1n) is 8.08. The van der Waals surface area contributed by atoms with E-state index in [0.717, 1.165) is 39.2 Å². The third-order valence-electron chi connectivity index (χ3n) is 4.84. The predicted molar refractivity (Wildman–Crippen MR) is 87.1 cm³/mol. The maximum atomic E-state index is 6.04. The molecule has 2 heterocycles. The summed E-state index contributed by atoms with van der Waals surface area (Å²) in [5, 5.41) is 3.28. The van der Waals surface area contributed by atoms with E-state index in [9.17, 15) is 0 Å². The van der Waals surface area contributed by atoms with Crippen molar-refractivity contribution in [1.29, 1.82) is 0 Å². The second-order valence-electron chi connectivity index (χ2n) is 6.10. The topological polar surface area (TPSA) is 27.7 Å². The van der Waals surface area contributed by atoms with E-state index < -0.39 is 0 Å². The zero-order valence-corrected chi connectivity index (χ0v) is 13.4. The number of nitrogens with zero attached hydrogens (tertiary/aromatic N) is 2. The molecule has 4 heteroatoms. The Balaban J connectivity index is 1.91. The number of hydrogen-bond donors (Lipinski definition) is 1. The van der Waals surface area contributed by atoms with E-state index in [1.165, 1.54) is 16.8 Å². The monoisotopic (exact) mass is 289 g/mol. The van der Waals surface area contributed by atoms with Crippen LogP contribution in [0.15, 0.2) is 18.2 Å². The van der Waals surface area contributed by atoms with Gasteiger partial charge in [-0.05, 0) is 37.2 Å². The van der Waals surface area contributed by atoms with Crippen molar-refractivity contribution in [3.8, 4) is 0 Å². The van der Waals surface area contributed by atoms with Gasteiger partial charge in [-0.2, -0.15) is 0 Å². The van der Waals surface area contributed by atoms with E-state index in [4.69, 9.17) is 4.74 Å². The Hall–Kier alpha value is -1.10. The average molecular weight is 289 g/mol. The van der Waals surface area contributed by atoms with Crippen LogP contribution in [0.4, 0.5) is 5.69 Å². The van der Waals surface area contributed by atoms with Crippen molar-refractivity contribution in [3.63, 3.8) is 0 Å². The number of morpholine rings is 1. The molecule has 21 heavy (non-hydrogen) atoms. The van der Waals surface area contributed by atoms with Gasteiger partial charge in [-0.15, -0.1) is 0 Å². The lowest BCUT2D eigenvalue weighted by molar-refractivity contribution is -0.0686. The van der Waals surface area contributed by atoms with Crippen molar-refractivity contribution in [3.05, 3.63) is 29.3 Å². The lowest BCUT2D eigenvalue weighted by atomic mass is 9.95. The SMILES string of the molecule is CCN1CCOC(CNC)C1c1ccc2c(c1)CCN2C. The zero-order valence-electron chi connectivity index (χ0n) is 13.4. The van der Waals surface area contributed by atoms with Crippen molar-refractivity contribution in [2.45, 2.75) is 25.5 Å². The van der Waals surface area contributed by atoms with Gasteiger partial charge in [-0.25, -0.2) is 0 Å². The number of benzene rings is 1. The average Bonchev–Trinajstić information content (AvgIpc) is 2.88. The van der Waals surface area contributed by atoms with Crippen molar-refractivity contribution >= 4 is 5.69 Å². The summed E-state index contributed by atoms with van der Waals surface area (Å²) in [5.41, 5.74) is 4.29. The molecule has 2 atom stereocenters. The summed E-state index contributed by atoms with van der Waals surface area (Å²) in [4.78, 5) is 4.89. The maximum absolute atomic E-state index is 6.04. The Morgan fingerprint density at radius 1 is 1.33 bits per heavy atom. The van der Waals surface area contributed by atoms with Crippen LogP contribution in [0.2, 0.25) is 0 Å². The van der Waals surface area contributed by atoms with Crippen LogP contribution in [-0.4, -0.2) is 57.9 Å². The summed E-state index contributed by atoms with van der Waals surface area (Å²) in [7, 11) is 4.18. The Bertz CT molecular complexity index is 489. The molecule has 2 aliphatic heterocycles. The molecule has 0 bridgehead atoms. The Morgan fingerprint density at radius 3 is 2.95 bits per heavy atom. The molecule has 2 aliphatic rings. The number of ether oxygens (including phenoxy) is 1. The number of fused-ring (bicyclic) bond motifs is 1. The lowest BCUT2D eigenvalue weighted by Gasteiger charge is -2.41. The molecule has 0 aliphatic carbocycles. The lowest BCUT2D eigenvalue weighted by Crippen LogP contribution is -2.48. The van der Waals surface area contributed by atoms with Crippen molar-refractivity contribution in [1.82, 2.24) is 10.2 Å². The van der Waals surface area contributed by atoms with Crippen LogP contribution in [0.1, 0.15) is 24.1 Å². The zero-order chi connectivity index (χ0) is 14.8. The highest BCUT2D eigenvalue weighted by molar-refractivity contribution is 5.58. The molecule has 0 amide bonds. The molecule has 2 unspecified atom stereocenters. The van der Waals surface area contributed by atoms with E-state index in [2.05, 4.69) is 47.3 Å². The van der Waals surface area contributed by atoms with Gasteiger partial charge >= 0.3 is 0 Å². The van der Waals surface area contributed by atoms with E-state index in [-0.39, 0.29) is 6.10 Å². The molecule has 116 valence electrons. The van der Waals surface area contributed by atoms with Crippen LogP contribution in [0.3, 0.4) is 0 Å². The molecule has 1 fully saturated rings. The Kier molecular flexibility index (Phi) is 4.48. The van der Waals surface area contributed by atoms with E-state index in [0.29, 0.717) is 6.04 Å². The van der Waals surface area contributed by atoms with Crippen molar-refractivity contribution < 1.29 is 4.74 Å². The molecule has 1 saturated heterocycles. The summed E-state index contributed by atoms with van der Waals surface area (Å²) >= 11 is 0. The normalized spacial score (nSPS) is 26.1. The van der Waals surface area contributed by atoms with Gasteiger partial charge in [-0.1, -0.05) is 19.1 Å². The minimum absolute atomic E-state index is 0.237. The number of rotatable bonds is 4. The minimum Gasteiger partial charge on any atom is -0.374 e. The number of hydrogen-bond acceptors (Lipinski definition) is 4. The van der Waals surface area contributed by atoms with Gasteiger partial charge in [0, 0.05) is 32.4 Å². The number of anilines is 1. The van der Waals surface area contributed by atoms with Gasteiger partial charge < -0.3 is 15.0 Å². The summed E-state index contributed by atoms with van der Waals surface area (Å²) in [6.07, 6.45) is 1.40. The van der Waals surface area contributed by atoms with Gasteiger partial charge in [0.1, 0.15) is 0 Å². The standard InChI is InChI=1S/C17H27N3O/c1-4-20-9-10-21-16(12-18-2)17(20)14-5-6-15-13(11-14)7-8-19(15)3/h5-6,11,16-18H,4,7-10,12H2,1-3H3. The van der Waals surface area contributed by atoms with E-state index in [1.54, 1.807) is 0 Å². The molecule has 1 aromatic carbocycles. The number of nitrogens with one attached hydrogen (secondary N) is 1. The third kappa shape index (κ3) is 2.80. The van der Waals surface area contributed by atoms with Crippen LogP contribution in [-0.2, 0) is 11.2 Å². The van der Waals surface area contributed by atoms with Crippen LogP contribution >= 0.6 is 0 Å². The second kappa shape index (κ2) is 6.34. The summed E-state index contributed by atoms with van der Waals surface area (Å²) in [6, 6.07) is 7.36. The first kappa shape index (κ1) is 14.8. The smallest absolute Gasteiger partial charge is 0.0896 e. The molecule has 1 aromatic rings. The summed E-state index contributed by atoms with van der Waals surface area (Å²) < 4.78 is 6.04. The molecule has 0 aromatic heterocycles. The fraction of sp³-hybridized carbons (Fsp3) is 0.647. The van der Waals surface area contributed by atoms with Gasteiger partial charge in [0.05, 0.1) is 18.8 Å². The molecule has 4 nitrogen and oxygen atoms in total. The molecule has 0 spiro atoms. The van der Waals surface area contributed by atoms with E-state index in [1.807, 2.05) is 7.05 Å². The summed E-state index contributed by atoms with van der Waals surface area (Å²) in [5.74, 6) is 0. The van der Waals surface area contributed by atoms with Crippen LogP contribution in [0.25, 0.3) is 0 Å². The van der Waals surface area contributed by atoms with Gasteiger partial charge in [0.2, 0.25) is 0 Å². The Labute approximate surface area is 128 Å². The van der Waals surface area contributed by atoms with Gasteiger partial charge in [-0.3, -0.25) is 4.90 Å². The highest BCUT2D eigenvalue weighted by Gasteiger charge is 2.33. The van der Waals surface area contributed by atoms with Gasteiger partial charge in [0.15, 0.2) is 0 Å². The number of likely N-dealkylation sites (N-methyl/N-ethyl adjacent to an activating group) is 3. The van der Waals surface area contributed by atoms with Crippen LogP contribution < -0.4 is 10.2 Å². The van der Waals surface area contributed by atoms with Gasteiger partial charge in [0.25, 0.3) is 0 Å². The summed E-state index contributed by atoms with van der Waals surface area (Å²) in [6.45, 7) is 7.22. The van der Waals surface area contributed by atoms with Crippen LogP contribution in [0, 0.1) is 0 Å². The van der Waals surface area contributed by atoms with E-state index >= 15 is 0 Å². The second-order valence-corrected chi connectivity index (χ2v) is 6.10. The molecule has 1 N–H and O–H groups in total. The fourth-order valence-corrected chi connectivity index (χ4v) is 3.71. The van der Waals surface area contributed by atoms with Crippen molar-refractivity contribution in [2.75, 3.05) is 51.8 Å². The van der Waals surface area contributed by atoms with Crippen molar-refractivity contribution in [2.24, 2.45) is 0 Å². The minimum atomic E-state index is 0.237. The molecular weight excluding hydrogens is 262 g/mol. The quantitative estimate of drug-likeness (QED) is 0.912. The highest BCUT2D eigenvalue weighted by atomic mass is 16.5. The molecular formula is C17H27N3O. The Morgan fingerprint density at radius 2 is 2.19 bits per heavy atom. The highest BCUT2D eigenvalue weighted by Crippen LogP contribution is 2.34. The third-order valence-corrected chi connectivity index (χ3v) is 4.84. The molecule has 0 radical (unpaired) electrons. The first-order valence-corrected chi connectivity index (χ1v) is 8.08. The maximum Gasteiger partial charge on any atom is 0.0896 e. The van der Waals surface area contributed by atoms with Crippen LogP contribution in [0.5, 0.6) is 0 Å².